The Bertz CT molecular complexity index is 998. The number of hydrogen-bond donors (Lipinski definition) is 0. The molecular weight excluding hydrogens is 342 g/mol. The molecule has 4 rings (SSSR count). The minimum absolute atomic E-state index is 0.0360. The normalized spacial score (nSPS) is 13.4. The number of carbonyl (C=O) groups is 1. The van der Waals surface area contributed by atoms with Crippen molar-refractivity contribution in [3.63, 3.8) is 0 Å². The number of hydrogen-bond acceptors (Lipinski definition) is 3. The first-order valence-electron chi connectivity index (χ1n) is 8.26. The lowest BCUT2D eigenvalue weighted by Gasteiger charge is -2.18. The van der Waals surface area contributed by atoms with E-state index in [-0.39, 0.29) is 12.3 Å². The van der Waals surface area contributed by atoms with Crippen molar-refractivity contribution in [1.29, 1.82) is 0 Å². The number of alkyl halides is 2. The van der Waals surface area contributed by atoms with Gasteiger partial charge in [0.1, 0.15) is 13.2 Å². The van der Waals surface area contributed by atoms with Crippen molar-refractivity contribution in [3.05, 3.63) is 53.9 Å². The maximum absolute atomic E-state index is 13.5. The fourth-order valence-corrected chi connectivity index (χ4v) is 3.27. The number of Topliss-reactive ketones (excluding diaryl/α,β-unsaturated/α-hetero) is 1. The summed E-state index contributed by atoms with van der Waals surface area (Å²) >= 11 is 0. The molecule has 0 aliphatic carbocycles. The summed E-state index contributed by atoms with van der Waals surface area (Å²) in [5.74, 6) is 1.27. The fraction of sp³-hybridized carbons (Fsp3) is 0.263. The lowest BCUT2D eigenvalue weighted by Crippen LogP contribution is -2.40. The van der Waals surface area contributed by atoms with Crippen LogP contribution in [0.1, 0.15) is 22.7 Å². The van der Waals surface area contributed by atoms with Crippen LogP contribution < -0.4 is 14.0 Å². The molecule has 0 saturated carbocycles. The van der Waals surface area contributed by atoms with Crippen molar-refractivity contribution in [2.45, 2.75) is 20.0 Å². The third-order valence-electron chi connectivity index (χ3n) is 4.53. The number of ether oxygens (including phenoxy) is 2. The van der Waals surface area contributed by atoms with E-state index in [1.165, 1.54) is 0 Å². The summed E-state index contributed by atoms with van der Waals surface area (Å²) < 4.78 is 40.4. The summed E-state index contributed by atoms with van der Waals surface area (Å²) in [6.07, 6.45) is 0. The van der Waals surface area contributed by atoms with Crippen LogP contribution in [-0.4, -0.2) is 23.6 Å². The molecule has 1 aliphatic rings. The van der Waals surface area contributed by atoms with Crippen LogP contribution in [0.5, 0.6) is 11.5 Å². The number of halogens is 2. The maximum atomic E-state index is 13.5. The van der Waals surface area contributed by atoms with Crippen LogP contribution in [-0.2, 0) is 6.54 Å². The lowest BCUT2D eigenvalue weighted by atomic mass is 10.1. The van der Waals surface area contributed by atoms with E-state index in [2.05, 4.69) is 0 Å². The van der Waals surface area contributed by atoms with Crippen LogP contribution in [0.2, 0.25) is 0 Å². The third kappa shape index (κ3) is 2.69. The Morgan fingerprint density at radius 3 is 2.65 bits per heavy atom. The zero-order chi connectivity index (χ0) is 18.3. The second-order valence-corrected chi connectivity index (χ2v) is 6.05. The summed E-state index contributed by atoms with van der Waals surface area (Å²) in [5.41, 5.74) is 1.45. The van der Waals surface area contributed by atoms with Gasteiger partial charge in [0.25, 0.3) is 5.82 Å². The minimum atomic E-state index is -2.68. The number of para-hydroxylation sites is 2. The van der Waals surface area contributed by atoms with Crippen molar-refractivity contribution in [2.75, 3.05) is 13.2 Å². The van der Waals surface area contributed by atoms with Crippen molar-refractivity contribution >= 4 is 16.8 Å². The van der Waals surface area contributed by atoms with Crippen LogP contribution in [0.25, 0.3) is 11.0 Å². The van der Waals surface area contributed by atoms with Gasteiger partial charge in [0.05, 0.1) is 0 Å². The van der Waals surface area contributed by atoms with Gasteiger partial charge in [0, 0.05) is 12.5 Å². The van der Waals surface area contributed by atoms with Crippen molar-refractivity contribution in [2.24, 2.45) is 0 Å². The molecule has 26 heavy (non-hydrogen) atoms. The quantitative estimate of drug-likeness (QED) is 0.530. The van der Waals surface area contributed by atoms with Gasteiger partial charge in [0.15, 0.2) is 29.1 Å². The molecule has 2 heterocycles. The molecule has 134 valence electrons. The Balaban J connectivity index is 1.71. The Hall–Kier alpha value is -2.96. The molecule has 0 unspecified atom stereocenters. The van der Waals surface area contributed by atoms with E-state index in [0.717, 1.165) is 4.57 Å². The van der Waals surface area contributed by atoms with Gasteiger partial charge in [-0.15, -0.1) is 0 Å². The van der Waals surface area contributed by atoms with Gasteiger partial charge in [-0.2, -0.15) is 13.3 Å². The van der Waals surface area contributed by atoms with Gasteiger partial charge in [-0.25, -0.2) is 4.57 Å². The van der Waals surface area contributed by atoms with Crippen LogP contribution in [0.3, 0.4) is 0 Å². The fourth-order valence-electron chi connectivity index (χ4n) is 3.27. The molecular formula is C19H17F2N2O3+. The van der Waals surface area contributed by atoms with Crippen LogP contribution in [0, 0.1) is 6.92 Å². The zero-order valence-corrected chi connectivity index (χ0v) is 14.1. The number of benzene rings is 2. The van der Waals surface area contributed by atoms with Crippen molar-refractivity contribution in [1.82, 2.24) is 4.57 Å². The molecule has 3 aromatic rings. The highest BCUT2D eigenvalue weighted by molar-refractivity contribution is 5.96. The monoisotopic (exact) mass is 359 g/mol. The molecule has 1 aromatic heterocycles. The first-order chi connectivity index (χ1) is 12.6. The van der Waals surface area contributed by atoms with E-state index in [1.807, 2.05) is 0 Å². The van der Waals surface area contributed by atoms with Gasteiger partial charge in [-0.3, -0.25) is 4.79 Å². The first kappa shape index (κ1) is 16.5. The predicted molar refractivity (Wildman–Crippen MR) is 89.9 cm³/mol. The second-order valence-electron chi connectivity index (χ2n) is 6.05. The first-order valence-corrected chi connectivity index (χ1v) is 8.26. The van der Waals surface area contributed by atoms with E-state index in [1.54, 1.807) is 54.0 Å². The van der Waals surface area contributed by atoms with Gasteiger partial charge >= 0.3 is 6.55 Å². The van der Waals surface area contributed by atoms with Crippen molar-refractivity contribution in [3.8, 4) is 11.5 Å². The molecule has 0 saturated heterocycles. The Kier molecular flexibility index (Phi) is 4.06. The summed E-state index contributed by atoms with van der Waals surface area (Å²) in [5, 5.41) is 0. The van der Waals surface area contributed by atoms with Crippen LogP contribution >= 0.6 is 0 Å². The zero-order valence-electron chi connectivity index (χ0n) is 14.1. The highest BCUT2D eigenvalue weighted by Gasteiger charge is 2.28. The SMILES string of the molecule is Cc1n(C(F)F)c2ccccc2[n+]1CC(=O)c1ccc2c(c1)OCCO2. The number of ketones is 1. The van der Waals surface area contributed by atoms with Gasteiger partial charge in [-0.1, -0.05) is 12.1 Å². The Morgan fingerprint density at radius 2 is 1.88 bits per heavy atom. The number of carbonyl (C=O) groups excluding carboxylic acids is 1. The minimum Gasteiger partial charge on any atom is -0.486 e. The van der Waals surface area contributed by atoms with Gasteiger partial charge < -0.3 is 9.47 Å². The van der Waals surface area contributed by atoms with Crippen LogP contribution in [0.15, 0.2) is 42.5 Å². The highest BCUT2D eigenvalue weighted by Crippen LogP contribution is 2.31. The molecule has 2 aromatic carbocycles. The third-order valence-corrected chi connectivity index (χ3v) is 4.53. The Morgan fingerprint density at radius 1 is 1.15 bits per heavy atom. The second kappa shape index (κ2) is 6.40. The highest BCUT2D eigenvalue weighted by atomic mass is 19.3. The standard InChI is InChI=1S/C19H17F2N2O3/c1-12-22(14-4-2-3-5-15(14)23(12)19(20)21)11-16(24)13-6-7-17-18(10-13)26-9-8-25-17/h2-7,10,19H,8-9,11H2,1H3/q+1. The summed E-state index contributed by atoms with van der Waals surface area (Å²) in [4.78, 5) is 12.8. The lowest BCUT2D eigenvalue weighted by molar-refractivity contribution is -0.664. The van der Waals surface area contributed by atoms with E-state index < -0.39 is 6.55 Å². The number of imidazole rings is 1. The van der Waals surface area contributed by atoms with Gasteiger partial charge in [-0.05, 0) is 30.3 Å². The van der Waals surface area contributed by atoms with E-state index >= 15 is 0 Å². The summed E-state index contributed by atoms with van der Waals surface area (Å²) in [6.45, 7) is -0.219. The molecule has 0 N–H and O–H groups in total. The number of nitrogens with zero attached hydrogens (tertiary/aromatic N) is 2. The molecule has 0 fully saturated rings. The van der Waals surface area contributed by atoms with E-state index in [9.17, 15) is 13.6 Å². The summed E-state index contributed by atoms with van der Waals surface area (Å²) in [6, 6.07) is 11.8. The molecule has 1 aliphatic heterocycles. The summed E-state index contributed by atoms with van der Waals surface area (Å²) in [7, 11) is 0. The topological polar surface area (TPSA) is 44.3 Å². The molecule has 0 amide bonds. The van der Waals surface area contributed by atoms with E-state index in [0.29, 0.717) is 47.1 Å². The van der Waals surface area contributed by atoms with Crippen molar-refractivity contribution < 1.29 is 27.6 Å². The average molecular weight is 359 g/mol. The number of aromatic nitrogens is 2. The molecule has 0 bridgehead atoms. The van der Waals surface area contributed by atoms with Crippen LogP contribution in [0.4, 0.5) is 8.78 Å². The number of rotatable bonds is 4. The van der Waals surface area contributed by atoms with Gasteiger partial charge in [0.2, 0.25) is 5.78 Å². The molecule has 5 nitrogen and oxygen atoms in total. The van der Waals surface area contributed by atoms with E-state index in [4.69, 9.17) is 9.47 Å². The predicted octanol–water partition coefficient (Wildman–Crippen LogP) is 3.29. The number of fused-ring (bicyclic) bond motifs is 2. The molecule has 7 heteroatoms. The smallest absolute Gasteiger partial charge is 0.387 e. The molecule has 0 spiro atoms. The molecule has 0 radical (unpaired) electrons. The average Bonchev–Trinajstić information content (AvgIpc) is 2.93. The molecule has 0 atom stereocenters. The largest absolute Gasteiger partial charge is 0.486 e. The Labute approximate surface area is 148 Å². The maximum Gasteiger partial charge on any atom is 0.387 e.